The van der Waals surface area contributed by atoms with Crippen LogP contribution in [0.3, 0.4) is 0 Å². The molecule has 114 valence electrons. The third-order valence-electron chi connectivity index (χ3n) is 4.82. The fourth-order valence-corrected chi connectivity index (χ4v) is 2.97. The van der Waals surface area contributed by atoms with Crippen molar-refractivity contribution in [2.75, 3.05) is 13.7 Å². The molecule has 0 bridgehead atoms. The Kier molecular flexibility index (Phi) is 4.78. The minimum atomic E-state index is -0.949. The number of carboxylic acid groups (broad SMARTS) is 1. The maximum atomic E-state index is 12.2. The van der Waals surface area contributed by atoms with Crippen LogP contribution in [0.25, 0.3) is 0 Å². The Morgan fingerprint density at radius 3 is 2.40 bits per heavy atom. The van der Waals surface area contributed by atoms with Gasteiger partial charge in [-0.15, -0.1) is 0 Å². The molecule has 0 radical (unpaired) electrons. The van der Waals surface area contributed by atoms with E-state index in [9.17, 15) is 14.4 Å². The zero-order valence-corrected chi connectivity index (χ0v) is 12.5. The molecule has 1 rings (SSSR count). The molecule has 1 fully saturated rings. The molecule has 1 saturated carbocycles. The number of ether oxygens (including phenoxy) is 1. The van der Waals surface area contributed by atoms with Gasteiger partial charge in [0.15, 0.2) is 0 Å². The molecule has 2 N–H and O–H groups in total. The van der Waals surface area contributed by atoms with E-state index in [4.69, 9.17) is 9.84 Å². The Hall–Kier alpha value is -1.59. The Bertz CT molecular complexity index is 418. The average molecular weight is 285 g/mol. The molecule has 0 aliphatic heterocycles. The van der Waals surface area contributed by atoms with Crippen molar-refractivity contribution in [2.45, 2.75) is 40.0 Å². The summed E-state index contributed by atoms with van der Waals surface area (Å²) >= 11 is 0. The van der Waals surface area contributed by atoms with Crippen LogP contribution in [0.15, 0.2) is 0 Å². The number of aliphatic carboxylic acids is 1. The maximum absolute atomic E-state index is 12.2. The lowest BCUT2D eigenvalue weighted by Gasteiger charge is -2.38. The molecule has 20 heavy (non-hydrogen) atoms. The second-order valence-electron chi connectivity index (χ2n) is 6.07. The van der Waals surface area contributed by atoms with Crippen LogP contribution < -0.4 is 5.32 Å². The first-order valence-electron chi connectivity index (χ1n) is 6.74. The predicted octanol–water partition coefficient (Wildman–Crippen LogP) is 1.19. The smallest absolute Gasteiger partial charge is 0.312 e. The van der Waals surface area contributed by atoms with Gasteiger partial charge in [-0.05, 0) is 25.2 Å². The van der Waals surface area contributed by atoms with E-state index in [0.29, 0.717) is 12.8 Å². The number of carbonyl (C=O) groups excluding carboxylic acids is 2. The molecule has 0 aromatic heterocycles. The molecule has 0 aromatic rings. The number of hydrogen-bond donors (Lipinski definition) is 2. The molecular formula is C14H23NO5. The highest BCUT2D eigenvalue weighted by molar-refractivity contribution is 5.84. The first-order chi connectivity index (χ1) is 9.16. The van der Waals surface area contributed by atoms with Gasteiger partial charge in [-0.25, -0.2) is 0 Å². The maximum Gasteiger partial charge on any atom is 0.312 e. The van der Waals surface area contributed by atoms with E-state index >= 15 is 0 Å². The van der Waals surface area contributed by atoms with Gasteiger partial charge < -0.3 is 15.2 Å². The van der Waals surface area contributed by atoms with Gasteiger partial charge in [-0.1, -0.05) is 13.8 Å². The Labute approximate surface area is 118 Å². The summed E-state index contributed by atoms with van der Waals surface area (Å²) in [5.74, 6) is -1.76. The summed E-state index contributed by atoms with van der Waals surface area (Å²) in [6.07, 6.45) is 1.08. The summed E-state index contributed by atoms with van der Waals surface area (Å²) in [5, 5.41) is 11.2. The van der Waals surface area contributed by atoms with E-state index in [2.05, 4.69) is 5.32 Å². The van der Waals surface area contributed by atoms with Gasteiger partial charge in [0.25, 0.3) is 0 Å². The summed E-state index contributed by atoms with van der Waals surface area (Å²) in [4.78, 5) is 34.6. The third-order valence-corrected chi connectivity index (χ3v) is 4.82. The molecule has 1 aliphatic rings. The van der Waals surface area contributed by atoms with E-state index in [1.54, 1.807) is 0 Å². The Balaban J connectivity index is 2.76. The summed E-state index contributed by atoms with van der Waals surface area (Å²) in [7, 11) is 1.35. The highest BCUT2D eigenvalue weighted by Crippen LogP contribution is 2.56. The van der Waals surface area contributed by atoms with Gasteiger partial charge in [-0.2, -0.15) is 0 Å². The molecule has 0 aromatic carbocycles. The van der Waals surface area contributed by atoms with Crippen LogP contribution in [0, 0.1) is 16.7 Å². The zero-order valence-electron chi connectivity index (χ0n) is 12.5. The summed E-state index contributed by atoms with van der Waals surface area (Å²) in [6.45, 7) is 5.70. The highest BCUT2D eigenvalue weighted by Gasteiger charge is 2.58. The third kappa shape index (κ3) is 2.78. The molecule has 6 nitrogen and oxygen atoms in total. The standard InChI is InChI=1S/C14H23NO5/c1-13(2)9(11(18)15-8-6-10(16)17)5-7-14(13,3)12(19)20-4/h9H,5-8H2,1-4H3,(H,15,18)(H,16,17). The molecule has 2 atom stereocenters. The molecule has 1 aliphatic carbocycles. The number of nitrogens with one attached hydrogen (secondary N) is 1. The van der Waals surface area contributed by atoms with Crippen molar-refractivity contribution in [3.05, 3.63) is 0 Å². The summed E-state index contributed by atoms with van der Waals surface area (Å²) < 4.78 is 4.87. The minimum absolute atomic E-state index is 0.104. The number of methoxy groups -OCH3 is 1. The van der Waals surface area contributed by atoms with E-state index < -0.39 is 16.8 Å². The fourth-order valence-electron chi connectivity index (χ4n) is 2.97. The molecule has 1 amide bonds. The lowest BCUT2D eigenvalue weighted by atomic mass is 9.65. The molecule has 0 saturated heterocycles. The SMILES string of the molecule is COC(=O)C1(C)CCC(C(=O)NCCC(=O)O)C1(C)C. The average Bonchev–Trinajstić information content (AvgIpc) is 2.60. The fraction of sp³-hybridized carbons (Fsp3) is 0.786. The van der Waals surface area contributed by atoms with Crippen LogP contribution in [0.2, 0.25) is 0 Å². The van der Waals surface area contributed by atoms with Crippen LogP contribution >= 0.6 is 0 Å². The van der Waals surface area contributed by atoms with Crippen molar-refractivity contribution in [3.63, 3.8) is 0 Å². The largest absolute Gasteiger partial charge is 0.481 e. The van der Waals surface area contributed by atoms with Crippen LogP contribution in [0.1, 0.15) is 40.0 Å². The number of rotatable bonds is 5. The van der Waals surface area contributed by atoms with Gasteiger partial charge in [0.2, 0.25) is 5.91 Å². The van der Waals surface area contributed by atoms with Gasteiger partial charge in [-0.3, -0.25) is 14.4 Å². The predicted molar refractivity (Wildman–Crippen MR) is 71.9 cm³/mol. The first kappa shape index (κ1) is 16.5. The van der Waals surface area contributed by atoms with Gasteiger partial charge in [0, 0.05) is 12.5 Å². The van der Waals surface area contributed by atoms with Crippen LogP contribution in [-0.2, 0) is 19.1 Å². The number of esters is 1. The monoisotopic (exact) mass is 285 g/mol. The van der Waals surface area contributed by atoms with Gasteiger partial charge in [0.1, 0.15) is 0 Å². The van der Waals surface area contributed by atoms with Crippen molar-refractivity contribution in [1.82, 2.24) is 5.32 Å². The van der Waals surface area contributed by atoms with Crippen molar-refractivity contribution >= 4 is 17.8 Å². The summed E-state index contributed by atoms with van der Waals surface area (Å²) in [6, 6.07) is 0. The van der Waals surface area contributed by atoms with Crippen LogP contribution in [0.5, 0.6) is 0 Å². The minimum Gasteiger partial charge on any atom is -0.481 e. The molecule has 0 spiro atoms. The first-order valence-corrected chi connectivity index (χ1v) is 6.74. The van der Waals surface area contributed by atoms with Crippen molar-refractivity contribution in [3.8, 4) is 0 Å². The Morgan fingerprint density at radius 2 is 1.90 bits per heavy atom. The topological polar surface area (TPSA) is 92.7 Å². The number of hydrogen-bond acceptors (Lipinski definition) is 4. The van der Waals surface area contributed by atoms with E-state index in [-0.39, 0.29) is 30.8 Å². The second-order valence-corrected chi connectivity index (χ2v) is 6.07. The molecule has 0 heterocycles. The molecule has 6 heteroatoms. The Morgan fingerprint density at radius 1 is 1.30 bits per heavy atom. The van der Waals surface area contributed by atoms with Gasteiger partial charge >= 0.3 is 11.9 Å². The number of carboxylic acids is 1. The number of carbonyl (C=O) groups is 3. The second kappa shape index (κ2) is 5.81. The lowest BCUT2D eigenvalue weighted by molar-refractivity contribution is -0.159. The molecular weight excluding hydrogens is 262 g/mol. The normalized spacial score (nSPS) is 27.9. The molecule has 2 unspecified atom stereocenters. The zero-order chi connectivity index (χ0) is 15.6. The van der Waals surface area contributed by atoms with E-state index in [0.717, 1.165) is 0 Å². The van der Waals surface area contributed by atoms with Crippen LogP contribution in [-0.4, -0.2) is 36.6 Å². The van der Waals surface area contributed by atoms with E-state index in [1.807, 2.05) is 20.8 Å². The van der Waals surface area contributed by atoms with Crippen LogP contribution in [0.4, 0.5) is 0 Å². The van der Waals surface area contributed by atoms with Crippen molar-refractivity contribution in [1.29, 1.82) is 0 Å². The lowest BCUT2D eigenvalue weighted by Crippen LogP contribution is -2.46. The summed E-state index contributed by atoms with van der Waals surface area (Å²) in [5.41, 5.74) is -1.23. The van der Waals surface area contributed by atoms with Crippen molar-refractivity contribution in [2.24, 2.45) is 16.7 Å². The highest BCUT2D eigenvalue weighted by atomic mass is 16.5. The number of amides is 1. The van der Waals surface area contributed by atoms with Crippen molar-refractivity contribution < 1.29 is 24.2 Å². The quantitative estimate of drug-likeness (QED) is 0.740. The van der Waals surface area contributed by atoms with Gasteiger partial charge in [0.05, 0.1) is 18.9 Å². The van der Waals surface area contributed by atoms with E-state index in [1.165, 1.54) is 7.11 Å².